The second kappa shape index (κ2) is 8.49. The van der Waals surface area contributed by atoms with Crippen LogP contribution < -0.4 is 5.32 Å². The van der Waals surface area contributed by atoms with E-state index in [4.69, 9.17) is 4.78 Å². The third-order valence-corrected chi connectivity index (χ3v) is 4.83. The van der Waals surface area contributed by atoms with E-state index in [-0.39, 0.29) is 10.6 Å². The van der Waals surface area contributed by atoms with Crippen LogP contribution in [0.1, 0.15) is 11.7 Å². The van der Waals surface area contributed by atoms with Crippen LogP contribution in [0.25, 0.3) is 11.1 Å². The van der Waals surface area contributed by atoms with Gasteiger partial charge < -0.3 is 10.4 Å². The third kappa shape index (κ3) is 5.27. The number of amides is 1. The van der Waals surface area contributed by atoms with Crippen molar-refractivity contribution in [1.29, 1.82) is 4.78 Å². The molecular weight excluding hydrogens is 383 g/mol. The van der Waals surface area contributed by atoms with Crippen molar-refractivity contribution in [3.63, 3.8) is 0 Å². The number of pyridine rings is 1. The number of aliphatic hydroxyl groups excluding tert-OH is 1. The fraction of sp³-hybridized carbons (Fsp3) is 0.294. The molecule has 0 bridgehead atoms. The molecule has 27 heavy (non-hydrogen) atoms. The van der Waals surface area contributed by atoms with E-state index < -0.39 is 40.9 Å². The zero-order chi connectivity index (χ0) is 20.2. The first kappa shape index (κ1) is 20.8. The van der Waals surface area contributed by atoms with Gasteiger partial charge in [0.05, 0.1) is 15.8 Å². The molecule has 1 heterocycles. The van der Waals surface area contributed by atoms with Crippen LogP contribution in [0.3, 0.4) is 0 Å². The summed E-state index contributed by atoms with van der Waals surface area (Å²) >= 11 is 0. The van der Waals surface area contributed by atoms with Gasteiger partial charge in [0.2, 0.25) is 0 Å². The van der Waals surface area contributed by atoms with Crippen molar-refractivity contribution in [2.75, 3.05) is 12.9 Å². The molecule has 0 spiro atoms. The van der Waals surface area contributed by atoms with E-state index >= 15 is 0 Å². The predicted molar refractivity (Wildman–Crippen MR) is 93.6 cm³/mol. The van der Waals surface area contributed by atoms with Crippen LogP contribution in [-0.4, -0.2) is 45.6 Å². The van der Waals surface area contributed by atoms with Crippen LogP contribution in [0.5, 0.6) is 0 Å². The molecule has 0 fully saturated rings. The summed E-state index contributed by atoms with van der Waals surface area (Å²) in [5.74, 6) is -1.65. The molecule has 2 aromatic rings. The Balaban J connectivity index is 2.17. The molecule has 0 radical (unpaired) electrons. The maximum Gasteiger partial charge on any atom is 0.315 e. The van der Waals surface area contributed by atoms with Crippen LogP contribution in [0.4, 0.5) is 13.2 Å². The Morgan fingerprint density at radius 2 is 1.81 bits per heavy atom. The first-order valence-corrected chi connectivity index (χ1v) is 9.73. The van der Waals surface area contributed by atoms with Gasteiger partial charge in [-0.15, -0.1) is 0 Å². The number of halogens is 3. The minimum Gasteiger partial charge on any atom is -0.386 e. The van der Waals surface area contributed by atoms with E-state index in [0.29, 0.717) is 11.1 Å². The molecule has 3 atom stereocenters. The number of aliphatic hydroxyl groups is 1. The van der Waals surface area contributed by atoms with E-state index in [1.165, 1.54) is 30.7 Å². The molecule has 2 rings (SSSR count). The van der Waals surface area contributed by atoms with Gasteiger partial charge in [-0.25, -0.2) is 18.4 Å². The number of nitrogens with one attached hydrogen (secondary N) is 2. The Labute approximate surface area is 154 Å². The number of benzene rings is 1. The largest absolute Gasteiger partial charge is 0.386 e. The van der Waals surface area contributed by atoms with Gasteiger partial charge in [0, 0.05) is 18.0 Å². The smallest absolute Gasteiger partial charge is 0.315 e. The number of nitrogens with zero attached hydrogens (tertiary/aromatic N) is 1. The van der Waals surface area contributed by atoms with Crippen LogP contribution in [0.2, 0.25) is 0 Å². The lowest BCUT2D eigenvalue weighted by Gasteiger charge is -2.22. The summed E-state index contributed by atoms with van der Waals surface area (Å²) in [6.45, 7) is -1.21. The summed E-state index contributed by atoms with van der Waals surface area (Å²) < 4.78 is 56.7. The number of alkyl halides is 3. The summed E-state index contributed by atoms with van der Waals surface area (Å²) in [6.07, 6.45) is -2.09. The molecule has 0 aliphatic carbocycles. The topological polar surface area (TPSA) is 103 Å². The Hall–Kier alpha value is -2.46. The molecule has 3 N–H and O–H groups in total. The van der Waals surface area contributed by atoms with Gasteiger partial charge in [-0.05, 0) is 17.2 Å². The van der Waals surface area contributed by atoms with E-state index in [2.05, 4.69) is 4.98 Å². The highest BCUT2D eigenvalue weighted by Gasteiger charge is 2.26. The quantitative estimate of drug-likeness (QED) is 0.663. The monoisotopic (exact) mass is 401 g/mol. The number of carbonyl (C=O) groups is 1. The lowest BCUT2D eigenvalue weighted by molar-refractivity contribution is -0.133. The SMILES string of the molecule is C[S@](=N)(=O)c1ccc(-c2ccc([C@@H](O)[C@@H](CF)NC(=O)C(F)F)cc2)cn1. The molecule has 6 nitrogen and oxygen atoms in total. The Morgan fingerprint density at radius 3 is 2.26 bits per heavy atom. The summed E-state index contributed by atoms with van der Waals surface area (Å²) in [5, 5.41) is 12.0. The summed E-state index contributed by atoms with van der Waals surface area (Å²) in [7, 11) is -2.92. The van der Waals surface area contributed by atoms with Gasteiger partial charge >= 0.3 is 6.43 Å². The molecule has 1 aromatic heterocycles. The molecular formula is C17H18F3N3O3S. The average molecular weight is 401 g/mol. The number of aromatic nitrogens is 1. The fourth-order valence-electron chi connectivity index (χ4n) is 2.33. The fourth-order valence-corrected chi connectivity index (χ4v) is 2.92. The van der Waals surface area contributed by atoms with Gasteiger partial charge in [0.25, 0.3) is 5.91 Å². The van der Waals surface area contributed by atoms with Gasteiger partial charge in [-0.2, -0.15) is 8.78 Å². The predicted octanol–water partition coefficient (Wildman–Crippen LogP) is 2.54. The van der Waals surface area contributed by atoms with Gasteiger partial charge in [0.1, 0.15) is 17.8 Å². The number of rotatable bonds is 7. The molecule has 146 valence electrons. The maximum absolute atomic E-state index is 13.0. The lowest BCUT2D eigenvalue weighted by Crippen LogP contribution is -2.43. The van der Waals surface area contributed by atoms with Gasteiger partial charge in [-0.1, -0.05) is 30.3 Å². The number of carbonyl (C=O) groups excluding carboxylic acids is 1. The van der Waals surface area contributed by atoms with Crippen molar-refractivity contribution >= 4 is 15.6 Å². The molecule has 10 heteroatoms. The minimum atomic E-state index is -3.30. The third-order valence-electron chi connectivity index (χ3n) is 3.79. The maximum atomic E-state index is 13.0. The molecule has 0 saturated carbocycles. The van der Waals surface area contributed by atoms with E-state index in [1.54, 1.807) is 23.5 Å². The number of hydrogen-bond donors (Lipinski definition) is 3. The highest BCUT2D eigenvalue weighted by atomic mass is 32.2. The zero-order valence-corrected chi connectivity index (χ0v) is 15.1. The normalized spacial score (nSPS) is 15.8. The Morgan fingerprint density at radius 1 is 1.22 bits per heavy atom. The minimum absolute atomic E-state index is 0.152. The highest BCUT2D eigenvalue weighted by Crippen LogP contribution is 2.24. The zero-order valence-electron chi connectivity index (χ0n) is 14.2. The molecule has 0 aliphatic heterocycles. The lowest BCUT2D eigenvalue weighted by atomic mass is 9.99. The first-order valence-electron chi connectivity index (χ1n) is 7.76. The Bertz CT molecular complexity index is 888. The van der Waals surface area contributed by atoms with Crippen molar-refractivity contribution < 1.29 is 27.3 Å². The second-order valence-corrected chi connectivity index (χ2v) is 7.97. The van der Waals surface area contributed by atoms with Gasteiger partial charge in [-0.3, -0.25) is 4.79 Å². The molecule has 0 unspecified atom stereocenters. The van der Waals surface area contributed by atoms with Crippen LogP contribution >= 0.6 is 0 Å². The van der Waals surface area contributed by atoms with E-state index in [9.17, 15) is 27.3 Å². The van der Waals surface area contributed by atoms with Crippen molar-refractivity contribution in [1.82, 2.24) is 10.3 Å². The standard InChI is InChI=1S/C17H18F3N3O3S/c1-27(21,26)14-7-6-12(9-22-14)10-2-4-11(5-3-10)15(24)13(8-18)23-17(25)16(19)20/h2-7,9,13,15-16,21,24H,8H2,1H3,(H,23,25)/t13-,15-,27+/m1/s1. The van der Waals surface area contributed by atoms with E-state index in [1.807, 2.05) is 0 Å². The summed E-state index contributed by atoms with van der Waals surface area (Å²) in [5.41, 5.74) is 1.59. The first-order chi connectivity index (χ1) is 12.6. The highest BCUT2D eigenvalue weighted by molar-refractivity contribution is 7.91. The Kier molecular flexibility index (Phi) is 6.55. The van der Waals surface area contributed by atoms with Crippen LogP contribution in [-0.2, 0) is 14.5 Å². The molecule has 0 aliphatic rings. The molecule has 0 saturated heterocycles. The van der Waals surface area contributed by atoms with Gasteiger partial charge in [0.15, 0.2) is 0 Å². The number of hydrogen-bond acceptors (Lipinski definition) is 5. The van der Waals surface area contributed by atoms with Crippen molar-refractivity contribution in [3.8, 4) is 11.1 Å². The summed E-state index contributed by atoms with van der Waals surface area (Å²) in [4.78, 5) is 15.0. The van der Waals surface area contributed by atoms with Crippen molar-refractivity contribution in [3.05, 3.63) is 48.2 Å². The molecule has 1 aromatic carbocycles. The van der Waals surface area contributed by atoms with Crippen LogP contribution in [0.15, 0.2) is 47.6 Å². The van der Waals surface area contributed by atoms with E-state index in [0.717, 1.165) is 0 Å². The molecule has 1 amide bonds. The van der Waals surface area contributed by atoms with Crippen molar-refractivity contribution in [2.45, 2.75) is 23.6 Å². The average Bonchev–Trinajstić information content (AvgIpc) is 2.64. The second-order valence-electron chi connectivity index (χ2n) is 5.87. The summed E-state index contributed by atoms with van der Waals surface area (Å²) in [6, 6.07) is 7.77. The van der Waals surface area contributed by atoms with Crippen molar-refractivity contribution in [2.24, 2.45) is 0 Å². The van der Waals surface area contributed by atoms with Crippen LogP contribution in [0, 0.1) is 4.78 Å².